The second-order valence-electron chi connectivity index (χ2n) is 16.0. The molecule has 3 rings (SSSR count). The van der Waals surface area contributed by atoms with E-state index in [0.29, 0.717) is 58.2 Å². The van der Waals surface area contributed by atoms with Gasteiger partial charge in [-0.15, -0.1) is 0 Å². The van der Waals surface area contributed by atoms with Crippen LogP contribution in [0.15, 0.2) is 65.4 Å². The lowest BCUT2D eigenvalue weighted by Gasteiger charge is -2.36. The maximum absolute atomic E-state index is 14.7. The predicted molar refractivity (Wildman–Crippen MR) is 220 cm³/mol. The molecular weight excluding hydrogens is 715 g/mol. The van der Waals surface area contributed by atoms with Crippen molar-refractivity contribution >= 4 is 41.5 Å². The fourth-order valence-electron chi connectivity index (χ4n) is 7.32. The summed E-state index contributed by atoms with van der Waals surface area (Å²) in [6.45, 7) is 19.3. The van der Waals surface area contributed by atoms with Crippen LogP contribution in [0.25, 0.3) is 0 Å². The van der Waals surface area contributed by atoms with Crippen LogP contribution in [-0.4, -0.2) is 94.6 Å². The molecule has 6 atom stereocenters. The van der Waals surface area contributed by atoms with Crippen molar-refractivity contribution in [1.29, 1.82) is 0 Å². The molecule has 4 N–H and O–H groups in total. The maximum Gasteiger partial charge on any atom is 0.315 e. The van der Waals surface area contributed by atoms with E-state index in [2.05, 4.69) is 60.5 Å². The fourth-order valence-corrected chi connectivity index (χ4v) is 8.11. The summed E-state index contributed by atoms with van der Waals surface area (Å²) in [6.07, 6.45) is 12.3. The van der Waals surface area contributed by atoms with Gasteiger partial charge in [-0.3, -0.25) is 19.2 Å². The number of pyridine rings is 1. The first-order valence-electron chi connectivity index (χ1n) is 19.9. The smallest absolute Gasteiger partial charge is 0.315 e. The van der Waals surface area contributed by atoms with E-state index in [1.165, 1.54) is 11.9 Å². The first kappa shape index (κ1) is 45.4. The van der Waals surface area contributed by atoms with Gasteiger partial charge in [0, 0.05) is 31.9 Å². The molecule has 1 aromatic heterocycles. The number of ketones is 1. The Balaban J connectivity index is 1.86. The molecular formula is C42H65N7O5S. The summed E-state index contributed by atoms with van der Waals surface area (Å²) in [7, 11) is 1.95. The van der Waals surface area contributed by atoms with Crippen molar-refractivity contribution < 1.29 is 24.0 Å². The molecule has 0 spiro atoms. The highest BCUT2D eigenvalue weighted by Gasteiger charge is 2.43. The Kier molecular flexibility index (Phi) is 18.1. The quantitative estimate of drug-likeness (QED) is 0.0934. The molecule has 0 radical (unpaired) electrons. The molecule has 12 nitrogen and oxygen atoms in total. The number of hydrogen-bond donors (Lipinski definition) is 4. The van der Waals surface area contributed by atoms with E-state index in [4.69, 9.17) is 0 Å². The Morgan fingerprint density at radius 1 is 1.07 bits per heavy atom. The molecule has 5 amide bonds. The molecule has 2 aliphatic rings. The number of hydrogen-bond acceptors (Lipinski definition) is 8. The van der Waals surface area contributed by atoms with Gasteiger partial charge in [0.1, 0.15) is 17.1 Å². The summed E-state index contributed by atoms with van der Waals surface area (Å²) < 4.78 is 2.03. The van der Waals surface area contributed by atoms with Crippen LogP contribution < -0.4 is 21.3 Å². The Hall–Kier alpha value is -3.97. The minimum absolute atomic E-state index is 0.0947. The molecule has 304 valence electrons. The van der Waals surface area contributed by atoms with Gasteiger partial charge in [-0.25, -0.2) is 14.1 Å². The van der Waals surface area contributed by atoms with Gasteiger partial charge in [0.25, 0.3) is 5.91 Å². The number of likely N-dealkylation sites (N-methyl/N-ethyl adjacent to an activating group) is 1. The average Bonchev–Trinajstić information content (AvgIpc) is 3.80. The topological polar surface area (TPSA) is 153 Å². The summed E-state index contributed by atoms with van der Waals surface area (Å²) in [5.41, 5.74) is 1.75. The SMILES string of the molecule is C=CC1=C(/C=C\C)CC(C(NC(=O)NC(CN(C)Sc2ccccn2)C(C)(C)C)C(=O)N2CCCC2C(=O)NC(CC(C)CCC)C(=O)C(=O)NCCC)C1. The van der Waals surface area contributed by atoms with Gasteiger partial charge in [-0.1, -0.05) is 85.3 Å². The van der Waals surface area contributed by atoms with Crippen LogP contribution in [0.3, 0.4) is 0 Å². The number of nitrogens with zero attached hydrogens (tertiary/aromatic N) is 3. The van der Waals surface area contributed by atoms with E-state index in [-0.39, 0.29) is 29.2 Å². The molecule has 1 saturated heterocycles. The minimum Gasteiger partial charge on any atom is -0.349 e. The summed E-state index contributed by atoms with van der Waals surface area (Å²) >= 11 is 1.48. The van der Waals surface area contributed by atoms with Crippen LogP contribution in [0.4, 0.5) is 4.79 Å². The van der Waals surface area contributed by atoms with E-state index in [0.717, 1.165) is 29.0 Å². The molecule has 0 aromatic carbocycles. The first-order chi connectivity index (χ1) is 26.1. The van der Waals surface area contributed by atoms with Crippen molar-refractivity contribution in [2.24, 2.45) is 17.3 Å². The zero-order chi connectivity index (χ0) is 40.7. The lowest BCUT2D eigenvalue weighted by Crippen LogP contribution is -2.60. The third-order valence-electron chi connectivity index (χ3n) is 10.3. The van der Waals surface area contributed by atoms with Crippen molar-refractivity contribution in [2.75, 3.05) is 26.7 Å². The van der Waals surface area contributed by atoms with Crippen molar-refractivity contribution in [3.8, 4) is 0 Å². The van der Waals surface area contributed by atoms with Crippen LogP contribution in [0.5, 0.6) is 0 Å². The predicted octanol–water partition coefficient (Wildman–Crippen LogP) is 5.97. The number of rotatable bonds is 20. The monoisotopic (exact) mass is 779 g/mol. The number of urea groups is 1. The van der Waals surface area contributed by atoms with Crippen molar-refractivity contribution in [3.05, 3.63) is 60.3 Å². The highest BCUT2D eigenvalue weighted by atomic mass is 32.2. The molecule has 1 fully saturated rings. The van der Waals surface area contributed by atoms with Crippen molar-refractivity contribution in [3.63, 3.8) is 0 Å². The van der Waals surface area contributed by atoms with E-state index in [9.17, 15) is 24.0 Å². The second kappa shape index (κ2) is 21.9. The number of allylic oxidation sites excluding steroid dienone is 5. The number of Topliss-reactive ketones (excluding diaryl/α,β-unsaturated/α-hetero) is 1. The minimum atomic E-state index is -1.01. The van der Waals surface area contributed by atoms with Gasteiger partial charge < -0.3 is 26.2 Å². The average molecular weight is 780 g/mol. The normalized spacial score (nSPS) is 19.5. The van der Waals surface area contributed by atoms with Crippen LogP contribution in [-0.2, 0) is 19.2 Å². The third kappa shape index (κ3) is 13.6. The van der Waals surface area contributed by atoms with E-state index in [1.54, 1.807) is 17.2 Å². The first-order valence-corrected chi connectivity index (χ1v) is 20.7. The molecule has 1 aliphatic carbocycles. The molecule has 0 bridgehead atoms. The Morgan fingerprint density at radius 2 is 1.80 bits per heavy atom. The van der Waals surface area contributed by atoms with Crippen molar-refractivity contribution in [2.45, 2.75) is 129 Å². The van der Waals surface area contributed by atoms with E-state index in [1.807, 2.05) is 62.5 Å². The third-order valence-corrected chi connectivity index (χ3v) is 11.2. The molecule has 1 aliphatic heterocycles. The number of aromatic nitrogens is 1. The molecule has 1 aromatic rings. The van der Waals surface area contributed by atoms with Gasteiger partial charge >= 0.3 is 6.03 Å². The lowest BCUT2D eigenvalue weighted by molar-refractivity contribution is -0.143. The lowest BCUT2D eigenvalue weighted by atomic mass is 9.86. The highest BCUT2D eigenvalue weighted by molar-refractivity contribution is 7.96. The largest absolute Gasteiger partial charge is 0.349 e. The van der Waals surface area contributed by atoms with Crippen LogP contribution >= 0.6 is 11.9 Å². The summed E-state index contributed by atoms with van der Waals surface area (Å²) in [5.74, 6) is -2.39. The fraction of sp³-hybridized carbons (Fsp3) is 0.619. The highest BCUT2D eigenvalue weighted by Crippen LogP contribution is 2.36. The van der Waals surface area contributed by atoms with Crippen LogP contribution in [0, 0.1) is 17.3 Å². The molecule has 13 heteroatoms. The number of carbonyl (C=O) groups excluding carboxylic acids is 5. The van der Waals surface area contributed by atoms with Crippen molar-refractivity contribution in [1.82, 2.24) is 35.5 Å². The second-order valence-corrected chi connectivity index (χ2v) is 17.2. The van der Waals surface area contributed by atoms with Crippen LogP contribution in [0.1, 0.15) is 99.8 Å². The molecule has 6 unspecified atom stereocenters. The number of amides is 5. The van der Waals surface area contributed by atoms with Gasteiger partial charge in [0.05, 0.1) is 6.04 Å². The zero-order valence-electron chi connectivity index (χ0n) is 34.3. The summed E-state index contributed by atoms with van der Waals surface area (Å²) in [4.78, 5) is 74.7. The molecule has 0 saturated carbocycles. The van der Waals surface area contributed by atoms with Gasteiger partial charge in [0.2, 0.25) is 17.6 Å². The zero-order valence-corrected chi connectivity index (χ0v) is 35.1. The standard InChI is InChI=1S/C42H65N7O5S/c1-10-17-28(5)24-32(37(50)39(52)44-21-12-3)45-38(51)33-19-16-23-49(33)40(53)36(31-25-29(13-4)30(26-31)18-11-2)47-41(54)46-34(42(6,7)8)27-48(9)55-35-20-14-15-22-43-35/h11,13-15,18,20,22,28,31-34,36H,4,10,12,16-17,19,21,23-27H2,1-3,5-9H3,(H,44,52)(H,45,51)(H2,46,47,54)/b18-11-. The number of carbonyl (C=O) groups is 5. The Morgan fingerprint density at radius 3 is 2.42 bits per heavy atom. The summed E-state index contributed by atoms with van der Waals surface area (Å²) in [5, 5.41) is 12.6. The van der Waals surface area contributed by atoms with Gasteiger partial charge in [-0.05, 0) is 105 Å². The molecule has 55 heavy (non-hydrogen) atoms. The summed E-state index contributed by atoms with van der Waals surface area (Å²) in [6, 6.07) is 2.17. The Bertz CT molecular complexity index is 1540. The van der Waals surface area contributed by atoms with E-state index >= 15 is 0 Å². The van der Waals surface area contributed by atoms with Crippen LogP contribution in [0.2, 0.25) is 0 Å². The molecule has 2 heterocycles. The van der Waals surface area contributed by atoms with Gasteiger partial charge in [0.15, 0.2) is 0 Å². The van der Waals surface area contributed by atoms with Gasteiger partial charge in [-0.2, -0.15) is 0 Å². The maximum atomic E-state index is 14.7. The number of likely N-dealkylation sites (tertiary alicyclic amines) is 1. The Labute approximate surface area is 333 Å². The van der Waals surface area contributed by atoms with E-state index < -0.39 is 41.8 Å². The number of nitrogens with one attached hydrogen (secondary N) is 4.